The van der Waals surface area contributed by atoms with Gasteiger partial charge in [0.1, 0.15) is 16.4 Å². The molecule has 0 aliphatic heterocycles. The highest BCUT2D eigenvalue weighted by molar-refractivity contribution is 7.18. The lowest BCUT2D eigenvalue weighted by molar-refractivity contribution is 0.0702. The Morgan fingerprint density at radius 3 is 2.56 bits per heavy atom. The first-order valence-corrected chi connectivity index (χ1v) is 6.00. The average molecular weight is 265 g/mol. The van der Waals surface area contributed by atoms with Gasteiger partial charge in [-0.15, -0.1) is 11.3 Å². The second-order valence-electron chi connectivity index (χ2n) is 3.75. The molecule has 0 radical (unpaired) electrons. The lowest BCUT2D eigenvalue weighted by Crippen LogP contribution is -2.10. The van der Waals surface area contributed by atoms with Gasteiger partial charge in [-0.2, -0.15) is 0 Å². The van der Waals surface area contributed by atoms with E-state index in [1.165, 1.54) is 6.07 Å². The van der Waals surface area contributed by atoms with Gasteiger partial charge in [-0.05, 0) is 32.0 Å². The van der Waals surface area contributed by atoms with E-state index in [0.717, 1.165) is 11.3 Å². The van der Waals surface area contributed by atoms with Crippen molar-refractivity contribution in [2.24, 2.45) is 0 Å². The number of rotatable bonds is 3. The molecule has 5 nitrogen and oxygen atoms in total. The summed E-state index contributed by atoms with van der Waals surface area (Å²) in [6, 6.07) is 4.67. The molecule has 2 heterocycles. The van der Waals surface area contributed by atoms with Crippen molar-refractivity contribution in [2.75, 3.05) is 5.32 Å². The van der Waals surface area contributed by atoms with Gasteiger partial charge in [0.05, 0.1) is 10.6 Å². The van der Waals surface area contributed by atoms with Crippen molar-refractivity contribution in [1.82, 2.24) is 0 Å². The summed E-state index contributed by atoms with van der Waals surface area (Å²) in [7, 11) is 0. The fourth-order valence-electron chi connectivity index (χ4n) is 1.56. The highest BCUT2D eigenvalue weighted by atomic mass is 32.1. The van der Waals surface area contributed by atoms with E-state index in [9.17, 15) is 9.59 Å². The number of hydrogen-bond donors (Lipinski definition) is 2. The van der Waals surface area contributed by atoms with Crippen LogP contribution in [-0.2, 0) is 0 Å². The quantitative estimate of drug-likeness (QED) is 0.894. The molecule has 6 heteroatoms. The summed E-state index contributed by atoms with van der Waals surface area (Å²) in [5.74, 6) is -0.103. The first kappa shape index (κ1) is 12.4. The molecule has 0 fully saturated rings. The standard InChI is InChI=1S/C12H11NO4S/c1-6-5-8(7(2)17-6)11(14)13-10-4-3-9(18-10)12(15)16/h3-5H,1-2H3,(H,13,14)(H,15,16). The molecule has 0 saturated heterocycles. The second-order valence-corrected chi connectivity index (χ2v) is 4.83. The lowest BCUT2D eigenvalue weighted by atomic mass is 10.2. The Hall–Kier alpha value is -2.08. The molecular weight excluding hydrogens is 254 g/mol. The van der Waals surface area contributed by atoms with Crippen LogP contribution in [0.15, 0.2) is 22.6 Å². The molecule has 0 saturated carbocycles. The zero-order valence-electron chi connectivity index (χ0n) is 9.81. The van der Waals surface area contributed by atoms with E-state index < -0.39 is 5.97 Å². The van der Waals surface area contributed by atoms with Crippen LogP contribution in [0.1, 0.15) is 31.6 Å². The van der Waals surface area contributed by atoms with E-state index in [0.29, 0.717) is 22.1 Å². The number of anilines is 1. The van der Waals surface area contributed by atoms with E-state index in [1.54, 1.807) is 26.0 Å². The van der Waals surface area contributed by atoms with Crippen LogP contribution in [0.25, 0.3) is 0 Å². The molecule has 2 rings (SSSR count). The molecule has 2 aromatic heterocycles. The van der Waals surface area contributed by atoms with Gasteiger partial charge in [-0.3, -0.25) is 4.79 Å². The van der Waals surface area contributed by atoms with Gasteiger partial charge in [-0.25, -0.2) is 4.79 Å². The van der Waals surface area contributed by atoms with E-state index in [2.05, 4.69) is 5.32 Å². The Labute approximate surface area is 107 Å². The summed E-state index contributed by atoms with van der Waals surface area (Å²) in [6.45, 7) is 3.47. The minimum absolute atomic E-state index is 0.186. The Balaban J connectivity index is 2.16. The molecule has 0 atom stereocenters. The molecule has 0 aromatic carbocycles. The number of carboxylic acid groups (broad SMARTS) is 1. The van der Waals surface area contributed by atoms with Gasteiger partial charge in [0.2, 0.25) is 0 Å². The summed E-state index contributed by atoms with van der Waals surface area (Å²) in [5.41, 5.74) is 0.456. The maximum absolute atomic E-state index is 11.9. The Kier molecular flexibility index (Phi) is 3.20. The smallest absolute Gasteiger partial charge is 0.345 e. The third-order valence-corrected chi connectivity index (χ3v) is 3.33. The molecule has 2 N–H and O–H groups in total. The SMILES string of the molecule is Cc1cc(C(=O)Nc2ccc(C(=O)O)s2)c(C)o1. The summed E-state index contributed by atoms with van der Waals surface area (Å²) in [6.07, 6.45) is 0. The highest BCUT2D eigenvalue weighted by Crippen LogP contribution is 2.23. The predicted molar refractivity (Wildman–Crippen MR) is 67.4 cm³/mol. The number of carboxylic acids is 1. The van der Waals surface area contributed by atoms with Gasteiger partial charge in [0.25, 0.3) is 5.91 Å². The Morgan fingerprint density at radius 2 is 2.06 bits per heavy atom. The predicted octanol–water partition coefficient (Wildman–Crippen LogP) is 2.91. The van der Waals surface area contributed by atoms with E-state index in [-0.39, 0.29) is 10.8 Å². The zero-order chi connectivity index (χ0) is 13.3. The summed E-state index contributed by atoms with van der Waals surface area (Å²) in [4.78, 5) is 22.8. The van der Waals surface area contributed by atoms with Gasteiger partial charge < -0.3 is 14.8 Å². The number of nitrogens with one attached hydrogen (secondary N) is 1. The van der Waals surface area contributed by atoms with Crippen LogP contribution in [0.5, 0.6) is 0 Å². The number of aryl methyl sites for hydroxylation is 2. The average Bonchev–Trinajstić information content (AvgIpc) is 2.85. The maximum atomic E-state index is 11.9. The Morgan fingerprint density at radius 1 is 1.33 bits per heavy atom. The monoisotopic (exact) mass is 265 g/mol. The number of aromatic carboxylic acids is 1. The van der Waals surface area contributed by atoms with Crippen molar-refractivity contribution in [3.05, 3.63) is 40.2 Å². The number of thiophene rings is 1. The van der Waals surface area contributed by atoms with Crippen molar-refractivity contribution in [3.63, 3.8) is 0 Å². The van der Waals surface area contributed by atoms with Crippen LogP contribution >= 0.6 is 11.3 Å². The maximum Gasteiger partial charge on any atom is 0.345 e. The fourth-order valence-corrected chi connectivity index (χ4v) is 2.30. The molecule has 18 heavy (non-hydrogen) atoms. The molecule has 1 amide bonds. The van der Waals surface area contributed by atoms with E-state index in [4.69, 9.17) is 9.52 Å². The summed E-state index contributed by atoms with van der Waals surface area (Å²) < 4.78 is 5.27. The first-order valence-electron chi connectivity index (χ1n) is 5.19. The number of amides is 1. The number of furan rings is 1. The minimum atomic E-state index is -1.00. The molecule has 2 aromatic rings. The van der Waals surface area contributed by atoms with Crippen molar-refractivity contribution >= 4 is 28.2 Å². The number of carbonyl (C=O) groups is 2. The second kappa shape index (κ2) is 4.66. The minimum Gasteiger partial charge on any atom is -0.477 e. The van der Waals surface area contributed by atoms with Crippen LogP contribution in [0, 0.1) is 13.8 Å². The fraction of sp³-hybridized carbons (Fsp3) is 0.167. The van der Waals surface area contributed by atoms with Crippen LogP contribution in [0.2, 0.25) is 0 Å². The van der Waals surface area contributed by atoms with Crippen LogP contribution in [0.4, 0.5) is 5.00 Å². The molecule has 0 aliphatic carbocycles. The summed E-state index contributed by atoms with van der Waals surface area (Å²) in [5, 5.41) is 11.9. The Bertz CT molecular complexity index is 611. The van der Waals surface area contributed by atoms with E-state index >= 15 is 0 Å². The third kappa shape index (κ3) is 2.43. The third-order valence-electron chi connectivity index (χ3n) is 2.34. The largest absolute Gasteiger partial charge is 0.477 e. The van der Waals surface area contributed by atoms with Crippen molar-refractivity contribution < 1.29 is 19.1 Å². The van der Waals surface area contributed by atoms with Crippen molar-refractivity contribution in [2.45, 2.75) is 13.8 Å². The molecule has 0 bridgehead atoms. The highest BCUT2D eigenvalue weighted by Gasteiger charge is 2.15. The van der Waals surface area contributed by atoms with Crippen LogP contribution < -0.4 is 5.32 Å². The molecule has 94 valence electrons. The topological polar surface area (TPSA) is 79.5 Å². The normalized spacial score (nSPS) is 10.3. The van der Waals surface area contributed by atoms with Crippen molar-refractivity contribution in [3.8, 4) is 0 Å². The van der Waals surface area contributed by atoms with Crippen LogP contribution in [-0.4, -0.2) is 17.0 Å². The molecular formula is C12H11NO4S. The van der Waals surface area contributed by atoms with Gasteiger partial charge in [-0.1, -0.05) is 0 Å². The van der Waals surface area contributed by atoms with E-state index in [1.807, 2.05) is 0 Å². The molecule has 0 unspecified atom stereocenters. The van der Waals surface area contributed by atoms with Gasteiger partial charge >= 0.3 is 5.97 Å². The van der Waals surface area contributed by atoms with Gasteiger partial charge in [0, 0.05) is 0 Å². The molecule has 0 spiro atoms. The first-order chi connectivity index (χ1) is 8.47. The van der Waals surface area contributed by atoms with Crippen LogP contribution in [0.3, 0.4) is 0 Å². The number of carbonyl (C=O) groups excluding carboxylic acids is 1. The van der Waals surface area contributed by atoms with Gasteiger partial charge in [0.15, 0.2) is 0 Å². The number of hydrogen-bond acceptors (Lipinski definition) is 4. The summed E-state index contributed by atoms with van der Waals surface area (Å²) >= 11 is 1.01. The molecule has 0 aliphatic rings. The van der Waals surface area contributed by atoms with Crippen molar-refractivity contribution in [1.29, 1.82) is 0 Å². The zero-order valence-corrected chi connectivity index (χ0v) is 10.6. The lowest BCUT2D eigenvalue weighted by Gasteiger charge is -1.99.